The molecule has 0 saturated carbocycles. The molecule has 0 saturated heterocycles. The smallest absolute Gasteiger partial charge is 0.444 e. The van der Waals surface area contributed by atoms with E-state index in [1.54, 1.807) is 55.6 Å². The van der Waals surface area contributed by atoms with Crippen LogP contribution in [0.25, 0.3) is 11.1 Å². The van der Waals surface area contributed by atoms with Crippen LogP contribution in [-0.2, 0) is 15.8 Å². The third-order valence-electron chi connectivity index (χ3n) is 5.62. The van der Waals surface area contributed by atoms with Gasteiger partial charge >= 0.3 is 13.6 Å². The number of benzene rings is 4. The van der Waals surface area contributed by atoms with Crippen LogP contribution in [-0.4, -0.2) is 30.5 Å². The molecule has 0 spiro atoms. The average Bonchev–Trinajstić information content (AvgIpc) is 2.92. The first-order chi connectivity index (χ1) is 18.0. The molecule has 0 aliphatic rings. The zero-order chi connectivity index (χ0) is 26.1. The van der Waals surface area contributed by atoms with Crippen LogP contribution in [0.2, 0.25) is 0 Å². The van der Waals surface area contributed by atoms with Gasteiger partial charge in [0.25, 0.3) is 0 Å². The van der Waals surface area contributed by atoms with Crippen molar-refractivity contribution < 1.29 is 28.3 Å². The van der Waals surface area contributed by atoms with Gasteiger partial charge in [0, 0.05) is 5.56 Å². The molecule has 4 rings (SSSR count). The Morgan fingerprint density at radius 3 is 1.89 bits per heavy atom. The standard InChI is InChI=1S/C29H28NO6P/c1-34-28-15-9-8-14-26(28)23-18-16-22(17-19-23)20-27(29(31)32)30-21-37(33,35-24-10-4-2-5-11-24)36-25-12-6-3-7-13-25/h2-19,27,30H,20-21H2,1H3,(H,31,32)/t27-/m0/s1. The van der Waals surface area contributed by atoms with Crippen molar-refractivity contribution in [1.82, 2.24) is 5.32 Å². The fourth-order valence-electron chi connectivity index (χ4n) is 3.78. The molecule has 0 fully saturated rings. The Balaban J connectivity index is 1.48. The van der Waals surface area contributed by atoms with E-state index in [0.717, 1.165) is 22.4 Å². The van der Waals surface area contributed by atoms with Crippen molar-refractivity contribution in [3.05, 3.63) is 115 Å². The number of carboxylic acid groups (broad SMARTS) is 1. The van der Waals surface area contributed by atoms with Crippen molar-refractivity contribution in [3.63, 3.8) is 0 Å². The second-order valence-corrected chi connectivity index (χ2v) is 10.2. The van der Waals surface area contributed by atoms with Crippen molar-refractivity contribution in [2.24, 2.45) is 0 Å². The lowest BCUT2D eigenvalue weighted by Crippen LogP contribution is -2.39. The van der Waals surface area contributed by atoms with Crippen molar-refractivity contribution in [2.45, 2.75) is 12.5 Å². The van der Waals surface area contributed by atoms with E-state index < -0.39 is 19.6 Å². The SMILES string of the molecule is COc1ccccc1-c1ccc(C[C@H](NCP(=O)(Oc2ccccc2)Oc2ccccc2)C(=O)O)cc1. The van der Waals surface area contributed by atoms with Crippen LogP contribution >= 0.6 is 7.60 Å². The maximum absolute atomic E-state index is 13.7. The molecular formula is C29H28NO6P. The summed E-state index contributed by atoms with van der Waals surface area (Å²) in [6.07, 6.45) is -0.120. The molecule has 2 N–H and O–H groups in total. The quantitative estimate of drug-likeness (QED) is 0.214. The third-order valence-corrected chi connectivity index (χ3v) is 7.16. The summed E-state index contributed by atoms with van der Waals surface area (Å²) in [4.78, 5) is 12.1. The van der Waals surface area contributed by atoms with Crippen molar-refractivity contribution in [2.75, 3.05) is 13.4 Å². The van der Waals surface area contributed by atoms with E-state index in [1.807, 2.05) is 60.7 Å². The predicted octanol–water partition coefficient (Wildman–Crippen LogP) is 6.26. The van der Waals surface area contributed by atoms with Gasteiger partial charge in [0.1, 0.15) is 29.6 Å². The second-order valence-electron chi connectivity index (χ2n) is 8.27. The first-order valence-electron chi connectivity index (χ1n) is 11.7. The number of rotatable bonds is 12. The number of carbonyl (C=O) groups is 1. The first-order valence-corrected chi connectivity index (χ1v) is 13.5. The number of methoxy groups -OCH3 is 1. The minimum absolute atomic E-state index is 0.179. The molecule has 0 aromatic heterocycles. The highest BCUT2D eigenvalue weighted by Crippen LogP contribution is 2.47. The first kappa shape index (κ1) is 26.0. The van der Waals surface area contributed by atoms with Gasteiger partial charge in [-0.05, 0) is 47.9 Å². The summed E-state index contributed by atoms with van der Waals surface area (Å²) in [5.41, 5.74) is 2.71. The molecule has 0 radical (unpaired) electrons. The minimum atomic E-state index is -3.81. The normalized spacial score (nSPS) is 11.9. The van der Waals surface area contributed by atoms with E-state index in [0.29, 0.717) is 11.5 Å². The molecule has 1 atom stereocenters. The largest absolute Gasteiger partial charge is 0.496 e. The number of nitrogens with one attached hydrogen (secondary N) is 1. The van der Waals surface area contributed by atoms with Crippen LogP contribution in [0.1, 0.15) is 5.56 Å². The number of para-hydroxylation sites is 3. The summed E-state index contributed by atoms with van der Waals surface area (Å²) in [7, 11) is -2.18. The highest BCUT2D eigenvalue weighted by Gasteiger charge is 2.31. The van der Waals surface area contributed by atoms with Gasteiger partial charge in [0.05, 0.1) is 7.11 Å². The molecule has 190 valence electrons. The van der Waals surface area contributed by atoms with Crippen molar-refractivity contribution >= 4 is 13.6 Å². The molecular weight excluding hydrogens is 489 g/mol. The highest BCUT2D eigenvalue weighted by molar-refractivity contribution is 7.54. The Bertz CT molecular complexity index is 1300. The molecule has 0 aliphatic carbocycles. The summed E-state index contributed by atoms with van der Waals surface area (Å²) in [5, 5.41) is 12.7. The van der Waals surface area contributed by atoms with Crippen molar-refractivity contribution in [3.8, 4) is 28.4 Å². The van der Waals surface area contributed by atoms with Gasteiger partial charge < -0.3 is 18.9 Å². The van der Waals surface area contributed by atoms with Gasteiger partial charge in [-0.3, -0.25) is 10.1 Å². The summed E-state index contributed by atoms with van der Waals surface area (Å²) in [6, 6.07) is 31.6. The zero-order valence-corrected chi connectivity index (χ0v) is 21.2. The fraction of sp³-hybridized carbons (Fsp3) is 0.138. The summed E-state index contributed by atoms with van der Waals surface area (Å²) >= 11 is 0. The molecule has 0 amide bonds. The molecule has 0 bridgehead atoms. The molecule has 8 heteroatoms. The lowest BCUT2D eigenvalue weighted by atomic mass is 10.00. The van der Waals surface area contributed by atoms with Crippen LogP contribution in [0.5, 0.6) is 17.2 Å². The lowest BCUT2D eigenvalue weighted by molar-refractivity contribution is -0.139. The van der Waals surface area contributed by atoms with E-state index >= 15 is 0 Å². The summed E-state index contributed by atoms with van der Waals surface area (Å²) in [6.45, 7) is 0. The van der Waals surface area contributed by atoms with Crippen LogP contribution in [0.3, 0.4) is 0 Å². The Hall–Kier alpha value is -4.06. The summed E-state index contributed by atoms with van der Waals surface area (Å²) < 4.78 is 30.6. The topological polar surface area (TPSA) is 94.1 Å². The third kappa shape index (κ3) is 7.23. The molecule has 7 nitrogen and oxygen atoms in total. The molecule has 0 aliphatic heterocycles. The molecule has 0 heterocycles. The Kier molecular flexibility index (Phi) is 8.62. The number of ether oxygens (including phenoxy) is 1. The molecule has 37 heavy (non-hydrogen) atoms. The monoisotopic (exact) mass is 517 g/mol. The van der Waals surface area contributed by atoms with E-state index in [2.05, 4.69) is 5.32 Å². The van der Waals surface area contributed by atoms with Crippen LogP contribution in [0, 0.1) is 0 Å². The number of aliphatic carboxylic acids is 1. The highest BCUT2D eigenvalue weighted by atomic mass is 31.2. The number of hydrogen-bond acceptors (Lipinski definition) is 6. The van der Waals surface area contributed by atoms with Gasteiger partial charge in [-0.2, -0.15) is 0 Å². The Morgan fingerprint density at radius 1 is 0.811 bits per heavy atom. The fourth-order valence-corrected chi connectivity index (χ4v) is 5.27. The molecule has 4 aromatic rings. The van der Waals surface area contributed by atoms with Crippen molar-refractivity contribution in [1.29, 1.82) is 0 Å². The van der Waals surface area contributed by atoms with Crippen LogP contribution in [0.15, 0.2) is 109 Å². The van der Waals surface area contributed by atoms with Gasteiger partial charge in [0.2, 0.25) is 0 Å². The second kappa shape index (κ2) is 12.3. The van der Waals surface area contributed by atoms with Crippen LogP contribution in [0.4, 0.5) is 0 Å². The predicted molar refractivity (Wildman–Crippen MR) is 143 cm³/mol. The Morgan fingerprint density at radius 2 is 1.35 bits per heavy atom. The summed E-state index contributed by atoms with van der Waals surface area (Å²) in [5.74, 6) is 0.414. The van der Waals surface area contributed by atoms with Gasteiger partial charge in [-0.25, -0.2) is 4.57 Å². The van der Waals surface area contributed by atoms with E-state index in [9.17, 15) is 14.5 Å². The minimum Gasteiger partial charge on any atom is -0.496 e. The van der Waals surface area contributed by atoms with E-state index in [1.165, 1.54) is 0 Å². The maximum atomic E-state index is 13.7. The van der Waals surface area contributed by atoms with E-state index in [4.69, 9.17) is 13.8 Å². The van der Waals surface area contributed by atoms with E-state index in [-0.39, 0.29) is 12.7 Å². The van der Waals surface area contributed by atoms with Gasteiger partial charge in [-0.1, -0.05) is 78.9 Å². The molecule has 0 unspecified atom stereocenters. The number of hydrogen-bond donors (Lipinski definition) is 2. The van der Waals surface area contributed by atoms with Gasteiger partial charge in [-0.15, -0.1) is 0 Å². The zero-order valence-electron chi connectivity index (χ0n) is 20.3. The van der Waals surface area contributed by atoms with Crippen LogP contribution < -0.4 is 19.1 Å². The average molecular weight is 518 g/mol. The number of carboxylic acids is 1. The molecule has 4 aromatic carbocycles. The maximum Gasteiger partial charge on any atom is 0.444 e. The Labute approximate surface area is 216 Å². The lowest BCUT2D eigenvalue weighted by Gasteiger charge is -2.22. The van der Waals surface area contributed by atoms with Gasteiger partial charge in [0.15, 0.2) is 0 Å².